The van der Waals surface area contributed by atoms with Crippen LogP contribution in [0.15, 0.2) is 18.2 Å². The Labute approximate surface area is 79.7 Å². The third kappa shape index (κ3) is 1.55. The second kappa shape index (κ2) is 2.76. The summed E-state index contributed by atoms with van der Waals surface area (Å²) in [5, 5.41) is 0. The van der Waals surface area contributed by atoms with Crippen LogP contribution < -0.4 is 4.74 Å². The van der Waals surface area contributed by atoms with Crippen molar-refractivity contribution in [2.24, 2.45) is 5.41 Å². The van der Waals surface area contributed by atoms with E-state index in [0.717, 1.165) is 18.8 Å². The Hall–Kier alpha value is -0.980. The second-order valence-corrected chi connectivity index (χ2v) is 4.68. The normalized spacial score (nSPS) is 19.0. The largest absolute Gasteiger partial charge is 0.493 e. The van der Waals surface area contributed by atoms with Gasteiger partial charge < -0.3 is 4.74 Å². The fraction of sp³-hybridized carbons (Fsp3) is 0.500. The molecule has 0 atom stereocenters. The van der Waals surface area contributed by atoms with Gasteiger partial charge in [0.15, 0.2) is 0 Å². The van der Waals surface area contributed by atoms with Crippen LogP contribution in [0, 0.1) is 12.3 Å². The van der Waals surface area contributed by atoms with Crippen molar-refractivity contribution in [3.8, 4) is 5.75 Å². The van der Waals surface area contributed by atoms with Gasteiger partial charge in [-0.2, -0.15) is 0 Å². The molecule has 0 aromatic heterocycles. The highest BCUT2D eigenvalue weighted by Gasteiger charge is 2.27. The number of hydrogen-bond donors (Lipinski definition) is 0. The van der Waals surface area contributed by atoms with E-state index in [2.05, 4.69) is 39.0 Å². The molecule has 0 saturated heterocycles. The van der Waals surface area contributed by atoms with E-state index >= 15 is 0 Å². The first-order chi connectivity index (χ1) is 6.08. The van der Waals surface area contributed by atoms with Crippen LogP contribution in [0.5, 0.6) is 5.75 Å². The third-order valence-electron chi connectivity index (χ3n) is 2.64. The fourth-order valence-electron chi connectivity index (χ4n) is 1.84. The summed E-state index contributed by atoms with van der Waals surface area (Å²) in [6.07, 6.45) is 1.13. The number of fused-ring (bicyclic) bond motifs is 1. The van der Waals surface area contributed by atoms with Crippen LogP contribution in [0.4, 0.5) is 0 Å². The summed E-state index contributed by atoms with van der Waals surface area (Å²) in [4.78, 5) is 0. The number of rotatable bonds is 0. The first-order valence-corrected chi connectivity index (χ1v) is 4.80. The Kier molecular flexibility index (Phi) is 1.83. The Balaban J connectivity index is 2.44. The van der Waals surface area contributed by atoms with Crippen molar-refractivity contribution in [2.45, 2.75) is 27.2 Å². The van der Waals surface area contributed by atoms with Gasteiger partial charge in [-0.1, -0.05) is 26.0 Å². The van der Waals surface area contributed by atoms with Gasteiger partial charge >= 0.3 is 0 Å². The average molecular weight is 176 g/mol. The highest BCUT2D eigenvalue weighted by atomic mass is 16.5. The maximum atomic E-state index is 5.72. The molecule has 0 unspecified atom stereocenters. The predicted molar refractivity (Wildman–Crippen MR) is 54.2 cm³/mol. The molecule has 1 nitrogen and oxygen atoms in total. The summed E-state index contributed by atoms with van der Waals surface area (Å²) < 4.78 is 5.72. The van der Waals surface area contributed by atoms with Crippen LogP contribution in [0.2, 0.25) is 0 Å². The van der Waals surface area contributed by atoms with Gasteiger partial charge in [-0.3, -0.25) is 0 Å². The molecule has 0 saturated carbocycles. The highest BCUT2D eigenvalue weighted by molar-refractivity contribution is 5.41. The van der Waals surface area contributed by atoms with Crippen molar-refractivity contribution in [3.05, 3.63) is 29.3 Å². The van der Waals surface area contributed by atoms with Crippen molar-refractivity contribution in [1.29, 1.82) is 0 Å². The standard InChI is InChI=1S/C12H16O/c1-9-5-4-6-11-10(9)7-12(2,3)8-13-11/h4-6H,7-8H2,1-3H3. The minimum atomic E-state index is 0.291. The summed E-state index contributed by atoms with van der Waals surface area (Å²) >= 11 is 0. The van der Waals surface area contributed by atoms with Crippen molar-refractivity contribution in [2.75, 3.05) is 6.61 Å². The summed E-state index contributed by atoms with van der Waals surface area (Å²) in [7, 11) is 0. The summed E-state index contributed by atoms with van der Waals surface area (Å²) in [6, 6.07) is 6.29. The molecular formula is C12H16O. The van der Waals surface area contributed by atoms with E-state index in [9.17, 15) is 0 Å². The molecule has 1 aliphatic rings. The number of hydrogen-bond acceptors (Lipinski definition) is 1. The molecule has 1 heterocycles. The Bertz CT molecular complexity index is 326. The van der Waals surface area contributed by atoms with Gasteiger partial charge in [-0.15, -0.1) is 0 Å². The van der Waals surface area contributed by atoms with E-state index in [4.69, 9.17) is 4.74 Å². The molecule has 0 N–H and O–H groups in total. The molecule has 70 valence electrons. The molecule has 0 fully saturated rings. The molecule has 13 heavy (non-hydrogen) atoms. The lowest BCUT2D eigenvalue weighted by Crippen LogP contribution is -2.29. The minimum Gasteiger partial charge on any atom is -0.493 e. The molecule has 1 aromatic rings. The molecule has 0 radical (unpaired) electrons. The summed E-state index contributed by atoms with van der Waals surface area (Å²) in [5.74, 6) is 1.08. The average Bonchev–Trinajstić information content (AvgIpc) is 2.06. The lowest BCUT2D eigenvalue weighted by Gasteiger charge is -2.32. The Morgan fingerprint density at radius 1 is 1.31 bits per heavy atom. The summed E-state index contributed by atoms with van der Waals surface area (Å²) in [6.45, 7) is 7.50. The van der Waals surface area contributed by atoms with Crippen LogP contribution >= 0.6 is 0 Å². The Morgan fingerprint density at radius 2 is 2.08 bits per heavy atom. The maximum Gasteiger partial charge on any atom is 0.122 e. The second-order valence-electron chi connectivity index (χ2n) is 4.68. The van der Waals surface area contributed by atoms with Crippen LogP contribution in [0.3, 0.4) is 0 Å². The fourth-order valence-corrected chi connectivity index (χ4v) is 1.84. The first kappa shape index (κ1) is 8.61. The van der Waals surface area contributed by atoms with Crippen LogP contribution in [0.1, 0.15) is 25.0 Å². The Morgan fingerprint density at radius 3 is 2.85 bits per heavy atom. The smallest absolute Gasteiger partial charge is 0.122 e. The zero-order valence-electron chi connectivity index (χ0n) is 8.55. The topological polar surface area (TPSA) is 9.23 Å². The molecule has 0 aliphatic carbocycles. The van der Waals surface area contributed by atoms with E-state index < -0.39 is 0 Å². The van der Waals surface area contributed by atoms with Crippen molar-refractivity contribution >= 4 is 0 Å². The minimum absolute atomic E-state index is 0.291. The first-order valence-electron chi connectivity index (χ1n) is 4.80. The lowest BCUT2D eigenvalue weighted by atomic mass is 9.83. The molecule has 1 aliphatic heterocycles. The van der Waals surface area contributed by atoms with Gasteiger partial charge in [0.2, 0.25) is 0 Å². The maximum absolute atomic E-state index is 5.72. The van der Waals surface area contributed by atoms with E-state index in [-0.39, 0.29) is 0 Å². The van der Waals surface area contributed by atoms with Gasteiger partial charge in [-0.05, 0) is 30.5 Å². The molecule has 0 spiro atoms. The molecule has 2 rings (SSSR count). The number of ether oxygens (including phenoxy) is 1. The van der Waals surface area contributed by atoms with Gasteiger partial charge in [0.1, 0.15) is 5.75 Å². The van der Waals surface area contributed by atoms with Gasteiger partial charge in [0.05, 0.1) is 6.61 Å². The quantitative estimate of drug-likeness (QED) is 0.590. The van der Waals surface area contributed by atoms with Gasteiger partial charge in [0.25, 0.3) is 0 Å². The van der Waals surface area contributed by atoms with E-state index in [0.29, 0.717) is 5.41 Å². The SMILES string of the molecule is Cc1cccc2c1CC(C)(C)CO2. The van der Waals surface area contributed by atoms with Crippen LogP contribution in [-0.2, 0) is 6.42 Å². The van der Waals surface area contributed by atoms with Crippen molar-refractivity contribution < 1.29 is 4.74 Å². The third-order valence-corrected chi connectivity index (χ3v) is 2.64. The number of benzene rings is 1. The predicted octanol–water partition coefficient (Wildman–Crippen LogP) is 2.96. The van der Waals surface area contributed by atoms with E-state index in [1.165, 1.54) is 11.1 Å². The van der Waals surface area contributed by atoms with Crippen LogP contribution in [0.25, 0.3) is 0 Å². The molecule has 0 bridgehead atoms. The van der Waals surface area contributed by atoms with Crippen molar-refractivity contribution in [1.82, 2.24) is 0 Å². The molecule has 0 amide bonds. The van der Waals surface area contributed by atoms with Gasteiger partial charge in [0, 0.05) is 5.41 Å². The molecular weight excluding hydrogens is 160 g/mol. The zero-order valence-corrected chi connectivity index (χ0v) is 8.55. The van der Waals surface area contributed by atoms with Crippen LogP contribution in [-0.4, -0.2) is 6.61 Å². The lowest BCUT2D eigenvalue weighted by molar-refractivity contribution is 0.154. The molecule has 1 aromatic carbocycles. The molecule has 1 heteroatoms. The number of aryl methyl sites for hydroxylation is 1. The highest BCUT2D eigenvalue weighted by Crippen LogP contribution is 2.35. The zero-order chi connectivity index (χ0) is 9.47. The summed E-state index contributed by atoms with van der Waals surface area (Å²) in [5.41, 5.74) is 3.03. The van der Waals surface area contributed by atoms with Crippen molar-refractivity contribution in [3.63, 3.8) is 0 Å². The van der Waals surface area contributed by atoms with E-state index in [1.54, 1.807) is 0 Å². The van der Waals surface area contributed by atoms with E-state index in [1.807, 2.05) is 0 Å². The monoisotopic (exact) mass is 176 g/mol. The van der Waals surface area contributed by atoms with Gasteiger partial charge in [-0.25, -0.2) is 0 Å².